The standard InChI is InChI=1S/C20H36N6O3/c1-4-28-16-8-6-11-25(14-16)19-22-18(21-10-13-27-3)23-20(24-19)26-12-7-9-17(15-26)29-5-2/h16-17H,4-15H2,1-3H3,(H,21,22,23,24). The Morgan fingerprint density at radius 1 is 0.897 bits per heavy atom. The molecular weight excluding hydrogens is 372 g/mol. The van der Waals surface area contributed by atoms with Crippen LogP contribution in [0.2, 0.25) is 0 Å². The van der Waals surface area contributed by atoms with Gasteiger partial charge >= 0.3 is 0 Å². The van der Waals surface area contributed by atoms with E-state index in [0.29, 0.717) is 19.1 Å². The molecule has 9 heteroatoms. The van der Waals surface area contributed by atoms with Crippen molar-refractivity contribution < 1.29 is 14.2 Å². The van der Waals surface area contributed by atoms with Crippen LogP contribution in [0.5, 0.6) is 0 Å². The number of nitrogens with one attached hydrogen (secondary N) is 1. The minimum Gasteiger partial charge on any atom is -0.383 e. The van der Waals surface area contributed by atoms with Gasteiger partial charge in [0, 0.05) is 53.0 Å². The van der Waals surface area contributed by atoms with Crippen LogP contribution in [0.4, 0.5) is 17.8 Å². The first-order valence-electron chi connectivity index (χ1n) is 11.0. The molecule has 9 nitrogen and oxygen atoms in total. The molecule has 1 aromatic heterocycles. The van der Waals surface area contributed by atoms with Crippen molar-refractivity contribution in [3.8, 4) is 0 Å². The number of nitrogens with zero attached hydrogens (tertiary/aromatic N) is 5. The molecule has 2 aliphatic rings. The predicted octanol–water partition coefficient (Wildman–Crippen LogP) is 1.94. The third kappa shape index (κ3) is 6.38. The van der Waals surface area contributed by atoms with Crippen LogP contribution in [-0.2, 0) is 14.2 Å². The van der Waals surface area contributed by atoms with Gasteiger partial charge in [0.1, 0.15) is 0 Å². The Kier molecular flexibility index (Phi) is 8.69. The summed E-state index contributed by atoms with van der Waals surface area (Å²) in [5.41, 5.74) is 0. The molecule has 0 saturated carbocycles. The molecule has 3 rings (SSSR count). The molecule has 0 spiro atoms. The van der Waals surface area contributed by atoms with E-state index in [1.807, 2.05) is 13.8 Å². The van der Waals surface area contributed by atoms with E-state index in [1.165, 1.54) is 0 Å². The highest BCUT2D eigenvalue weighted by atomic mass is 16.5. The minimum atomic E-state index is 0.233. The van der Waals surface area contributed by atoms with Gasteiger partial charge in [-0.15, -0.1) is 0 Å². The Balaban J connectivity index is 1.79. The molecule has 2 atom stereocenters. The fourth-order valence-electron chi connectivity index (χ4n) is 3.96. The lowest BCUT2D eigenvalue weighted by molar-refractivity contribution is 0.0520. The Bertz CT molecular complexity index is 572. The number of ether oxygens (including phenoxy) is 3. The summed E-state index contributed by atoms with van der Waals surface area (Å²) >= 11 is 0. The summed E-state index contributed by atoms with van der Waals surface area (Å²) in [6.07, 6.45) is 4.79. The van der Waals surface area contributed by atoms with Crippen molar-refractivity contribution in [3.63, 3.8) is 0 Å². The van der Waals surface area contributed by atoms with Crippen molar-refractivity contribution >= 4 is 17.8 Å². The summed E-state index contributed by atoms with van der Waals surface area (Å²) in [4.78, 5) is 18.7. The predicted molar refractivity (Wildman–Crippen MR) is 114 cm³/mol. The second-order valence-corrected chi connectivity index (χ2v) is 7.51. The maximum Gasteiger partial charge on any atom is 0.232 e. The second-order valence-electron chi connectivity index (χ2n) is 7.51. The first-order chi connectivity index (χ1) is 14.2. The van der Waals surface area contributed by atoms with Gasteiger partial charge in [-0.05, 0) is 39.5 Å². The number of methoxy groups -OCH3 is 1. The van der Waals surface area contributed by atoms with E-state index in [-0.39, 0.29) is 12.2 Å². The van der Waals surface area contributed by atoms with Crippen LogP contribution in [0.1, 0.15) is 39.5 Å². The Hall–Kier alpha value is -1.71. The highest BCUT2D eigenvalue weighted by Crippen LogP contribution is 2.24. The monoisotopic (exact) mass is 408 g/mol. The number of piperidine rings is 2. The van der Waals surface area contributed by atoms with E-state index in [4.69, 9.17) is 29.2 Å². The lowest BCUT2D eigenvalue weighted by Crippen LogP contribution is -2.42. The maximum atomic E-state index is 5.86. The maximum absolute atomic E-state index is 5.86. The quantitative estimate of drug-likeness (QED) is 0.584. The largest absolute Gasteiger partial charge is 0.383 e. The summed E-state index contributed by atoms with van der Waals surface area (Å²) in [7, 11) is 1.69. The molecule has 0 amide bonds. The van der Waals surface area contributed by atoms with Gasteiger partial charge in [-0.3, -0.25) is 0 Å². The van der Waals surface area contributed by atoms with Crippen LogP contribution in [0.3, 0.4) is 0 Å². The summed E-state index contributed by atoms with van der Waals surface area (Å²) < 4.78 is 16.9. The van der Waals surface area contributed by atoms with E-state index in [2.05, 4.69) is 15.1 Å². The molecule has 2 saturated heterocycles. The van der Waals surface area contributed by atoms with Gasteiger partial charge < -0.3 is 29.3 Å². The molecule has 2 aliphatic heterocycles. The highest BCUT2D eigenvalue weighted by Gasteiger charge is 2.26. The highest BCUT2D eigenvalue weighted by molar-refractivity contribution is 5.46. The van der Waals surface area contributed by atoms with Crippen molar-refractivity contribution in [3.05, 3.63) is 0 Å². The number of anilines is 3. The summed E-state index contributed by atoms with van der Waals surface area (Å²) in [6.45, 7) is 10.3. The molecule has 164 valence electrons. The normalized spacial score (nSPS) is 22.7. The van der Waals surface area contributed by atoms with E-state index in [9.17, 15) is 0 Å². The average molecular weight is 409 g/mol. The Morgan fingerprint density at radius 3 is 1.93 bits per heavy atom. The molecule has 0 bridgehead atoms. The van der Waals surface area contributed by atoms with Gasteiger partial charge in [0.05, 0.1) is 18.8 Å². The molecule has 2 fully saturated rings. The molecule has 3 heterocycles. The van der Waals surface area contributed by atoms with Crippen molar-refractivity contribution in [1.82, 2.24) is 15.0 Å². The van der Waals surface area contributed by atoms with Gasteiger partial charge in [-0.25, -0.2) is 0 Å². The zero-order valence-corrected chi connectivity index (χ0v) is 18.1. The molecule has 0 aliphatic carbocycles. The molecule has 29 heavy (non-hydrogen) atoms. The lowest BCUT2D eigenvalue weighted by Gasteiger charge is -2.35. The number of hydrogen-bond donors (Lipinski definition) is 1. The van der Waals surface area contributed by atoms with Crippen molar-refractivity contribution in [2.45, 2.75) is 51.7 Å². The number of hydrogen-bond acceptors (Lipinski definition) is 9. The zero-order valence-electron chi connectivity index (χ0n) is 18.1. The van der Waals surface area contributed by atoms with Crippen molar-refractivity contribution in [2.24, 2.45) is 0 Å². The van der Waals surface area contributed by atoms with Crippen LogP contribution in [0, 0.1) is 0 Å². The van der Waals surface area contributed by atoms with Gasteiger partial charge in [0.2, 0.25) is 17.8 Å². The Labute approximate surface area is 174 Å². The van der Waals surface area contributed by atoms with E-state index >= 15 is 0 Å². The Morgan fingerprint density at radius 2 is 1.45 bits per heavy atom. The van der Waals surface area contributed by atoms with Crippen LogP contribution >= 0.6 is 0 Å². The number of rotatable bonds is 10. The summed E-state index contributed by atoms with van der Waals surface area (Å²) in [5, 5.41) is 3.27. The third-order valence-corrected chi connectivity index (χ3v) is 5.33. The van der Waals surface area contributed by atoms with E-state index in [0.717, 1.165) is 77.0 Å². The summed E-state index contributed by atoms with van der Waals surface area (Å²) in [6, 6.07) is 0. The van der Waals surface area contributed by atoms with E-state index < -0.39 is 0 Å². The lowest BCUT2D eigenvalue weighted by atomic mass is 10.1. The molecule has 1 aromatic rings. The average Bonchev–Trinajstić information content (AvgIpc) is 2.75. The topological polar surface area (TPSA) is 84.9 Å². The van der Waals surface area contributed by atoms with Gasteiger partial charge in [0.25, 0.3) is 0 Å². The SMILES string of the molecule is CCOC1CCCN(c2nc(NCCOC)nc(N3CCCC(OCC)C3)n2)C1. The van der Waals surface area contributed by atoms with E-state index in [1.54, 1.807) is 7.11 Å². The zero-order chi connectivity index (χ0) is 20.5. The van der Waals surface area contributed by atoms with Crippen LogP contribution < -0.4 is 15.1 Å². The molecular formula is C20H36N6O3. The van der Waals surface area contributed by atoms with Crippen LogP contribution in [0.25, 0.3) is 0 Å². The molecule has 1 N–H and O–H groups in total. The second kappa shape index (κ2) is 11.5. The summed E-state index contributed by atoms with van der Waals surface area (Å²) in [5.74, 6) is 2.04. The molecule has 0 radical (unpaired) electrons. The first kappa shape index (κ1) is 22.0. The van der Waals surface area contributed by atoms with Gasteiger partial charge in [0.15, 0.2) is 0 Å². The van der Waals surface area contributed by atoms with Gasteiger partial charge in [-0.2, -0.15) is 15.0 Å². The fourth-order valence-corrected chi connectivity index (χ4v) is 3.96. The minimum absolute atomic E-state index is 0.233. The molecule has 0 aromatic carbocycles. The van der Waals surface area contributed by atoms with Crippen molar-refractivity contribution in [2.75, 3.05) is 74.8 Å². The van der Waals surface area contributed by atoms with Crippen molar-refractivity contribution in [1.29, 1.82) is 0 Å². The van der Waals surface area contributed by atoms with Gasteiger partial charge in [-0.1, -0.05) is 0 Å². The van der Waals surface area contributed by atoms with Crippen LogP contribution in [0.15, 0.2) is 0 Å². The smallest absolute Gasteiger partial charge is 0.232 e. The third-order valence-electron chi connectivity index (χ3n) is 5.33. The fraction of sp³-hybridized carbons (Fsp3) is 0.850. The number of aromatic nitrogens is 3. The van der Waals surface area contributed by atoms with Crippen LogP contribution in [-0.4, -0.2) is 86.8 Å². The first-order valence-corrected chi connectivity index (χ1v) is 11.0. The molecule has 2 unspecified atom stereocenters.